The normalized spacial score (nSPS) is 14.8. The van der Waals surface area contributed by atoms with E-state index in [-0.39, 0.29) is 24.4 Å². The van der Waals surface area contributed by atoms with E-state index in [4.69, 9.17) is 15.2 Å². The fourth-order valence-electron chi connectivity index (χ4n) is 3.73. The summed E-state index contributed by atoms with van der Waals surface area (Å²) in [6, 6.07) is 16.7. The first kappa shape index (κ1) is 21.5. The van der Waals surface area contributed by atoms with Crippen LogP contribution in [0.1, 0.15) is 32.7 Å². The van der Waals surface area contributed by atoms with Gasteiger partial charge in [-0.15, -0.1) is 0 Å². The maximum absolute atomic E-state index is 12.2. The lowest BCUT2D eigenvalue weighted by atomic mass is 9.96. The topological polar surface area (TPSA) is 104 Å². The molecule has 0 bridgehead atoms. The van der Waals surface area contributed by atoms with Crippen molar-refractivity contribution >= 4 is 17.6 Å². The smallest absolute Gasteiger partial charge is 0.337 e. The number of fused-ring (bicyclic) bond motifs is 1. The van der Waals surface area contributed by atoms with E-state index in [9.17, 15) is 9.59 Å². The number of rotatable bonds is 7. The predicted molar refractivity (Wildman–Crippen MR) is 122 cm³/mol. The highest BCUT2D eigenvalue weighted by Gasteiger charge is 2.20. The molecule has 3 N–H and O–H groups in total. The molecule has 4 rings (SSSR count). The van der Waals surface area contributed by atoms with E-state index in [0.29, 0.717) is 23.5 Å². The molecular weight excluding hydrogens is 406 g/mol. The van der Waals surface area contributed by atoms with Crippen LogP contribution in [0.4, 0.5) is 5.82 Å². The summed E-state index contributed by atoms with van der Waals surface area (Å²) < 4.78 is 10.9. The van der Waals surface area contributed by atoms with Crippen molar-refractivity contribution in [3.63, 3.8) is 0 Å². The van der Waals surface area contributed by atoms with Gasteiger partial charge in [-0.1, -0.05) is 18.2 Å². The van der Waals surface area contributed by atoms with E-state index >= 15 is 0 Å². The zero-order chi connectivity index (χ0) is 22.5. The van der Waals surface area contributed by atoms with Gasteiger partial charge in [0.25, 0.3) is 0 Å². The Labute approximate surface area is 186 Å². The third-order valence-corrected chi connectivity index (χ3v) is 5.47. The number of nitrogens with one attached hydrogen (secondary N) is 1. The number of esters is 1. The second-order valence-electron chi connectivity index (χ2n) is 7.70. The van der Waals surface area contributed by atoms with Gasteiger partial charge in [-0.05, 0) is 65.9 Å². The number of carbonyl (C=O) groups excluding carboxylic acids is 2. The van der Waals surface area contributed by atoms with E-state index in [2.05, 4.69) is 16.4 Å². The maximum atomic E-state index is 12.2. The molecule has 3 aromatic rings. The number of methoxy groups -OCH3 is 1. The second kappa shape index (κ2) is 9.62. The molecule has 1 aromatic heterocycles. The van der Waals surface area contributed by atoms with Crippen LogP contribution in [0.15, 0.2) is 60.8 Å². The molecular formula is C25H25N3O4. The highest BCUT2D eigenvalue weighted by molar-refractivity contribution is 5.97. The largest absolute Gasteiger partial charge is 0.489 e. The lowest BCUT2D eigenvalue weighted by Gasteiger charge is -2.27. The van der Waals surface area contributed by atoms with Crippen molar-refractivity contribution in [1.29, 1.82) is 0 Å². The number of pyridine rings is 1. The average molecular weight is 431 g/mol. The molecule has 0 fully saturated rings. The quantitative estimate of drug-likeness (QED) is 0.437. The third-order valence-electron chi connectivity index (χ3n) is 5.47. The van der Waals surface area contributed by atoms with Crippen molar-refractivity contribution in [2.75, 3.05) is 25.9 Å². The lowest BCUT2D eigenvalue weighted by molar-refractivity contribution is 0.0600. The molecule has 0 aliphatic carbocycles. The minimum absolute atomic E-state index is 0.00616. The van der Waals surface area contributed by atoms with E-state index in [1.54, 1.807) is 18.2 Å². The highest BCUT2D eigenvalue weighted by Crippen LogP contribution is 2.32. The molecule has 0 amide bonds. The SMILES string of the molecule is COC(=O)c1cccc(-c2ccc3c(c2)CC[C@H](CNCC(=O)c2ccc(N)nc2)O3)c1. The van der Waals surface area contributed by atoms with Crippen molar-refractivity contribution in [2.45, 2.75) is 18.9 Å². The van der Waals surface area contributed by atoms with Gasteiger partial charge in [-0.3, -0.25) is 4.79 Å². The Morgan fingerprint density at radius 3 is 2.75 bits per heavy atom. The summed E-state index contributed by atoms with van der Waals surface area (Å²) in [5.74, 6) is 0.857. The number of nitrogen functional groups attached to an aromatic ring is 1. The van der Waals surface area contributed by atoms with Crippen LogP contribution >= 0.6 is 0 Å². The van der Waals surface area contributed by atoms with Gasteiger partial charge in [0.1, 0.15) is 17.7 Å². The van der Waals surface area contributed by atoms with E-state index in [1.807, 2.05) is 30.3 Å². The minimum Gasteiger partial charge on any atom is -0.489 e. The average Bonchev–Trinajstić information content (AvgIpc) is 2.83. The van der Waals surface area contributed by atoms with Crippen LogP contribution in [0.5, 0.6) is 5.75 Å². The molecule has 164 valence electrons. The van der Waals surface area contributed by atoms with Gasteiger partial charge in [-0.25, -0.2) is 9.78 Å². The summed E-state index contributed by atoms with van der Waals surface area (Å²) in [6.07, 6.45) is 3.21. The summed E-state index contributed by atoms with van der Waals surface area (Å²) in [5, 5.41) is 3.18. The Morgan fingerprint density at radius 2 is 1.97 bits per heavy atom. The van der Waals surface area contributed by atoms with Crippen LogP contribution in [0.25, 0.3) is 11.1 Å². The number of anilines is 1. The van der Waals surface area contributed by atoms with Crippen molar-refractivity contribution < 1.29 is 19.1 Å². The maximum Gasteiger partial charge on any atom is 0.337 e. The first-order chi connectivity index (χ1) is 15.5. The number of carbonyl (C=O) groups is 2. The molecule has 1 aliphatic heterocycles. The Bertz CT molecular complexity index is 1130. The molecule has 32 heavy (non-hydrogen) atoms. The Morgan fingerprint density at radius 1 is 1.12 bits per heavy atom. The fraction of sp³-hybridized carbons (Fsp3) is 0.240. The van der Waals surface area contributed by atoms with E-state index < -0.39 is 0 Å². The molecule has 0 saturated heterocycles. The van der Waals surface area contributed by atoms with E-state index in [0.717, 1.165) is 35.3 Å². The summed E-state index contributed by atoms with van der Waals surface area (Å²) in [5.41, 5.74) is 9.72. The van der Waals surface area contributed by atoms with E-state index in [1.165, 1.54) is 13.3 Å². The van der Waals surface area contributed by atoms with Crippen molar-refractivity contribution in [3.8, 4) is 16.9 Å². The first-order valence-electron chi connectivity index (χ1n) is 10.5. The van der Waals surface area contributed by atoms with Gasteiger partial charge in [0.05, 0.1) is 19.2 Å². The molecule has 0 unspecified atom stereocenters. The summed E-state index contributed by atoms with van der Waals surface area (Å²) >= 11 is 0. The number of nitrogens with zero attached hydrogens (tertiary/aromatic N) is 1. The van der Waals surface area contributed by atoms with Gasteiger partial charge in [-0.2, -0.15) is 0 Å². The van der Waals surface area contributed by atoms with Crippen LogP contribution in [-0.2, 0) is 11.2 Å². The monoisotopic (exact) mass is 431 g/mol. The fourth-order valence-corrected chi connectivity index (χ4v) is 3.73. The van der Waals surface area contributed by atoms with Gasteiger partial charge >= 0.3 is 5.97 Å². The number of hydrogen-bond acceptors (Lipinski definition) is 7. The Balaban J connectivity index is 1.35. The van der Waals surface area contributed by atoms with Crippen LogP contribution in [-0.4, -0.2) is 43.0 Å². The molecule has 2 heterocycles. The second-order valence-corrected chi connectivity index (χ2v) is 7.70. The number of Topliss-reactive ketones (excluding diaryl/α,β-unsaturated/α-hetero) is 1. The van der Waals surface area contributed by atoms with Gasteiger partial charge in [0, 0.05) is 18.3 Å². The molecule has 2 aromatic carbocycles. The number of benzene rings is 2. The third kappa shape index (κ3) is 4.95. The molecule has 7 heteroatoms. The Hall–Kier alpha value is -3.71. The summed E-state index contributed by atoms with van der Waals surface area (Å²) in [4.78, 5) is 28.0. The standard InChI is InChI=1S/C25H25N3O4/c1-31-25(30)19-4-2-3-16(12-19)17-6-9-23-18(11-17)5-8-21(32-23)14-27-15-22(29)20-7-10-24(26)28-13-20/h2-4,6-7,9-13,21,27H,5,8,14-15H2,1H3,(H2,26,28)/t21-/m1/s1. The number of ketones is 1. The molecule has 0 spiro atoms. The highest BCUT2D eigenvalue weighted by atomic mass is 16.5. The molecule has 7 nitrogen and oxygen atoms in total. The van der Waals surface area contributed by atoms with Crippen LogP contribution in [0, 0.1) is 0 Å². The molecule has 1 atom stereocenters. The first-order valence-corrected chi connectivity index (χ1v) is 10.5. The number of aromatic nitrogens is 1. The number of aryl methyl sites for hydroxylation is 1. The Kier molecular flexibility index (Phi) is 6.47. The molecule has 0 saturated carbocycles. The van der Waals surface area contributed by atoms with Crippen LogP contribution < -0.4 is 15.8 Å². The zero-order valence-corrected chi connectivity index (χ0v) is 17.8. The molecule has 0 radical (unpaired) electrons. The lowest BCUT2D eigenvalue weighted by Crippen LogP contribution is -2.36. The van der Waals surface area contributed by atoms with Crippen LogP contribution in [0.3, 0.4) is 0 Å². The van der Waals surface area contributed by atoms with Crippen LogP contribution in [0.2, 0.25) is 0 Å². The zero-order valence-electron chi connectivity index (χ0n) is 17.8. The number of ether oxygens (including phenoxy) is 2. The van der Waals surface area contributed by atoms with Crippen molar-refractivity contribution in [1.82, 2.24) is 10.3 Å². The van der Waals surface area contributed by atoms with Crippen molar-refractivity contribution in [3.05, 3.63) is 77.5 Å². The van der Waals surface area contributed by atoms with Crippen molar-refractivity contribution in [2.24, 2.45) is 0 Å². The van der Waals surface area contributed by atoms with Gasteiger partial charge in [0.2, 0.25) is 0 Å². The summed E-state index contributed by atoms with van der Waals surface area (Å²) in [6.45, 7) is 0.796. The van der Waals surface area contributed by atoms with Gasteiger partial charge in [0.15, 0.2) is 5.78 Å². The van der Waals surface area contributed by atoms with Gasteiger partial charge < -0.3 is 20.5 Å². The summed E-state index contributed by atoms with van der Waals surface area (Å²) in [7, 11) is 1.38. The number of nitrogens with two attached hydrogens (primary N) is 1. The minimum atomic E-state index is -0.352. The molecule has 1 aliphatic rings. The predicted octanol–water partition coefficient (Wildman–Crippen LogP) is 3.28. The number of hydrogen-bond donors (Lipinski definition) is 2.